The molecule has 1 aromatic rings. The third kappa shape index (κ3) is 2.32. The molecule has 2 heterocycles. The lowest BCUT2D eigenvalue weighted by molar-refractivity contribution is 0.186. The number of halogens is 1. The molecule has 1 atom stereocenters. The Morgan fingerprint density at radius 1 is 1.42 bits per heavy atom. The van der Waals surface area contributed by atoms with E-state index in [0.717, 1.165) is 43.9 Å². The molecule has 0 saturated carbocycles. The van der Waals surface area contributed by atoms with E-state index >= 15 is 0 Å². The predicted octanol–water partition coefficient (Wildman–Crippen LogP) is 3.17. The van der Waals surface area contributed by atoms with Crippen molar-refractivity contribution in [3.05, 3.63) is 34.9 Å². The van der Waals surface area contributed by atoms with Gasteiger partial charge in [0.1, 0.15) is 0 Å². The van der Waals surface area contributed by atoms with E-state index in [9.17, 15) is 4.79 Å². The molecule has 102 valence electrons. The zero-order valence-corrected chi connectivity index (χ0v) is 12.0. The largest absolute Gasteiger partial charge is 0.322 e. The van der Waals surface area contributed by atoms with Gasteiger partial charge < -0.3 is 9.80 Å². The van der Waals surface area contributed by atoms with Crippen molar-refractivity contribution in [1.82, 2.24) is 9.80 Å². The lowest BCUT2D eigenvalue weighted by Crippen LogP contribution is -2.38. The minimum Gasteiger partial charge on any atom is -0.322 e. The molecule has 3 rings (SSSR count). The number of hydrogen-bond donors (Lipinski definition) is 0. The van der Waals surface area contributed by atoms with Gasteiger partial charge in [-0.3, -0.25) is 0 Å². The summed E-state index contributed by atoms with van der Waals surface area (Å²) in [6.07, 6.45) is 3.15. The maximum atomic E-state index is 12.3. The van der Waals surface area contributed by atoms with Gasteiger partial charge in [-0.15, -0.1) is 0 Å². The molecule has 2 saturated heterocycles. The van der Waals surface area contributed by atoms with Crippen LogP contribution in [0.15, 0.2) is 24.3 Å². The third-order valence-electron chi connectivity index (χ3n) is 4.34. The van der Waals surface area contributed by atoms with Crippen LogP contribution in [-0.2, 0) is 6.42 Å². The molecule has 1 unspecified atom stereocenters. The normalized spacial score (nSPS) is 26.1. The Morgan fingerprint density at radius 2 is 2.26 bits per heavy atom. The van der Waals surface area contributed by atoms with Crippen LogP contribution in [0.3, 0.4) is 0 Å². The van der Waals surface area contributed by atoms with Gasteiger partial charge in [0.25, 0.3) is 0 Å². The van der Waals surface area contributed by atoms with E-state index < -0.39 is 0 Å². The highest BCUT2D eigenvalue weighted by Crippen LogP contribution is 2.35. The summed E-state index contributed by atoms with van der Waals surface area (Å²) in [5, 5.41) is 0.762. The van der Waals surface area contributed by atoms with Crippen LogP contribution in [0.25, 0.3) is 0 Å². The number of hydrogen-bond acceptors (Lipinski definition) is 1. The summed E-state index contributed by atoms with van der Waals surface area (Å²) in [6.45, 7) is 4.78. The van der Waals surface area contributed by atoms with Crippen molar-refractivity contribution in [2.45, 2.75) is 31.7 Å². The van der Waals surface area contributed by atoms with Crippen LogP contribution in [0.1, 0.15) is 25.3 Å². The maximum Gasteiger partial charge on any atom is 0.320 e. The van der Waals surface area contributed by atoms with Crippen molar-refractivity contribution in [1.29, 1.82) is 0 Å². The second-order valence-electron chi connectivity index (χ2n) is 5.84. The van der Waals surface area contributed by atoms with Crippen LogP contribution in [0.2, 0.25) is 5.02 Å². The Bertz CT molecular complexity index is 505. The molecule has 2 fully saturated rings. The van der Waals surface area contributed by atoms with Crippen molar-refractivity contribution in [2.75, 3.05) is 19.6 Å². The van der Waals surface area contributed by atoms with Gasteiger partial charge in [0.15, 0.2) is 0 Å². The zero-order chi connectivity index (χ0) is 13.5. The van der Waals surface area contributed by atoms with E-state index in [4.69, 9.17) is 11.6 Å². The van der Waals surface area contributed by atoms with Crippen LogP contribution < -0.4 is 0 Å². The highest BCUT2D eigenvalue weighted by molar-refractivity contribution is 6.30. The minimum atomic E-state index is 0.0748. The smallest absolute Gasteiger partial charge is 0.320 e. The molecule has 2 aliphatic heterocycles. The van der Waals surface area contributed by atoms with Gasteiger partial charge >= 0.3 is 6.03 Å². The maximum absolute atomic E-state index is 12.3. The molecule has 4 heteroatoms. The van der Waals surface area contributed by atoms with Crippen LogP contribution in [0.5, 0.6) is 0 Å². The van der Waals surface area contributed by atoms with Crippen molar-refractivity contribution in [3.8, 4) is 0 Å². The van der Waals surface area contributed by atoms with Crippen molar-refractivity contribution in [3.63, 3.8) is 0 Å². The number of fused-ring (bicyclic) bond motifs is 1. The topological polar surface area (TPSA) is 23.6 Å². The predicted molar refractivity (Wildman–Crippen MR) is 76.5 cm³/mol. The Balaban J connectivity index is 1.64. The molecule has 19 heavy (non-hydrogen) atoms. The summed E-state index contributed by atoms with van der Waals surface area (Å²) < 4.78 is 0. The molecular formula is C15H19ClN2O. The first-order chi connectivity index (χ1) is 9.08. The Kier molecular flexibility index (Phi) is 3.17. The fourth-order valence-electron chi connectivity index (χ4n) is 3.29. The van der Waals surface area contributed by atoms with E-state index in [1.165, 1.54) is 5.56 Å². The summed E-state index contributed by atoms with van der Waals surface area (Å²) in [4.78, 5) is 16.3. The highest BCUT2D eigenvalue weighted by Gasteiger charge is 2.48. The molecule has 0 radical (unpaired) electrons. The summed E-state index contributed by atoms with van der Waals surface area (Å²) in [5.41, 5.74) is 1.27. The molecule has 0 bridgehead atoms. The number of carbonyl (C=O) groups excluding carboxylic acids is 1. The van der Waals surface area contributed by atoms with Gasteiger partial charge in [-0.1, -0.05) is 23.7 Å². The summed E-state index contributed by atoms with van der Waals surface area (Å²) >= 11 is 5.98. The van der Waals surface area contributed by atoms with E-state index in [-0.39, 0.29) is 11.6 Å². The minimum absolute atomic E-state index is 0.0748. The number of carbonyl (C=O) groups is 1. The van der Waals surface area contributed by atoms with E-state index in [1.807, 2.05) is 28.0 Å². The summed E-state index contributed by atoms with van der Waals surface area (Å²) in [6, 6.07) is 8.09. The first kappa shape index (κ1) is 12.8. The average molecular weight is 279 g/mol. The fourth-order valence-corrected chi connectivity index (χ4v) is 3.51. The quantitative estimate of drug-likeness (QED) is 0.833. The van der Waals surface area contributed by atoms with E-state index in [0.29, 0.717) is 0 Å². The first-order valence-electron chi connectivity index (χ1n) is 6.89. The van der Waals surface area contributed by atoms with Crippen LogP contribution in [0.4, 0.5) is 4.79 Å². The number of benzene rings is 1. The van der Waals surface area contributed by atoms with Gasteiger partial charge in [0.05, 0.1) is 5.54 Å². The van der Waals surface area contributed by atoms with Gasteiger partial charge in [-0.05, 0) is 43.9 Å². The monoisotopic (exact) mass is 278 g/mol. The van der Waals surface area contributed by atoms with Crippen LogP contribution in [0, 0.1) is 0 Å². The third-order valence-corrected chi connectivity index (χ3v) is 4.58. The van der Waals surface area contributed by atoms with E-state index in [1.54, 1.807) is 0 Å². The van der Waals surface area contributed by atoms with Crippen LogP contribution >= 0.6 is 11.6 Å². The lowest BCUT2D eigenvalue weighted by Gasteiger charge is -2.24. The first-order valence-corrected chi connectivity index (χ1v) is 7.27. The SMILES string of the molecule is CC12CCCN1C(=O)N(CCc1cccc(Cl)c1)C2. The highest BCUT2D eigenvalue weighted by atomic mass is 35.5. The van der Waals surface area contributed by atoms with Gasteiger partial charge in [-0.2, -0.15) is 0 Å². The summed E-state index contributed by atoms with van der Waals surface area (Å²) in [7, 11) is 0. The molecule has 2 aliphatic rings. The molecule has 0 aromatic heterocycles. The van der Waals surface area contributed by atoms with Crippen LogP contribution in [-0.4, -0.2) is 41.0 Å². The zero-order valence-electron chi connectivity index (χ0n) is 11.2. The molecular weight excluding hydrogens is 260 g/mol. The van der Waals surface area contributed by atoms with Crippen molar-refractivity contribution < 1.29 is 4.79 Å². The van der Waals surface area contributed by atoms with Gasteiger partial charge in [0.2, 0.25) is 0 Å². The lowest BCUT2D eigenvalue weighted by atomic mass is 10.0. The second kappa shape index (κ2) is 4.71. The Morgan fingerprint density at radius 3 is 3.00 bits per heavy atom. The molecule has 0 aliphatic carbocycles. The number of nitrogens with zero attached hydrogens (tertiary/aromatic N) is 2. The average Bonchev–Trinajstić information content (AvgIpc) is 2.85. The standard InChI is InChI=1S/C15H19ClN2O/c1-15-7-3-8-18(15)14(19)17(11-15)9-6-12-4-2-5-13(16)10-12/h2,4-5,10H,3,6-9,11H2,1H3. The van der Waals surface area contributed by atoms with Crippen molar-refractivity contribution in [2.24, 2.45) is 0 Å². The fraction of sp³-hybridized carbons (Fsp3) is 0.533. The van der Waals surface area contributed by atoms with E-state index in [2.05, 4.69) is 13.0 Å². The molecule has 3 nitrogen and oxygen atoms in total. The van der Waals surface area contributed by atoms with Crippen molar-refractivity contribution >= 4 is 17.6 Å². The number of rotatable bonds is 3. The van der Waals surface area contributed by atoms with Gasteiger partial charge in [-0.25, -0.2) is 4.79 Å². The van der Waals surface area contributed by atoms with Gasteiger partial charge in [0, 0.05) is 24.7 Å². The second-order valence-corrected chi connectivity index (χ2v) is 6.27. The number of urea groups is 1. The molecule has 2 amide bonds. The molecule has 0 N–H and O–H groups in total. The molecule has 0 spiro atoms. The Hall–Kier alpha value is -1.22. The summed E-state index contributed by atoms with van der Waals surface area (Å²) in [5.74, 6) is 0. The molecule has 1 aromatic carbocycles. The number of amides is 2. The Labute approximate surface area is 119 Å².